The van der Waals surface area contributed by atoms with Gasteiger partial charge in [0.05, 0.1) is 30.4 Å². The van der Waals surface area contributed by atoms with Crippen LogP contribution in [0.25, 0.3) is 45.9 Å². The van der Waals surface area contributed by atoms with Crippen molar-refractivity contribution >= 4 is 11.9 Å². The number of rotatable bonds is 10. The van der Waals surface area contributed by atoms with Crippen molar-refractivity contribution < 1.29 is 37.6 Å². The summed E-state index contributed by atoms with van der Waals surface area (Å²) in [6.07, 6.45) is 3.25. The third-order valence-electron chi connectivity index (χ3n) is 6.57. The minimum atomic E-state index is -0.605. The Labute approximate surface area is 302 Å². The molecule has 0 bridgehead atoms. The monoisotopic (exact) mass is 714 g/mol. The molecule has 0 aliphatic heterocycles. The number of methoxy groups -OCH3 is 1. The van der Waals surface area contributed by atoms with Gasteiger partial charge in [-0.1, -0.05) is 22.4 Å². The number of aromatic nitrogens is 6. The van der Waals surface area contributed by atoms with Crippen LogP contribution in [0.4, 0.5) is 0 Å². The highest BCUT2D eigenvalue weighted by molar-refractivity contribution is 5.72. The van der Waals surface area contributed by atoms with Gasteiger partial charge < -0.3 is 28.0 Å². The lowest BCUT2D eigenvalue weighted by Gasteiger charge is -2.19. The van der Waals surface area contributed by atoms with E-state index >= 15 is 0 Å². The van der Waals surface area contributed by atoms with Crippen LogP contribution in [-0.4, -0.2) is 68.1 Å². The molecule has 16 heteroatoms. The molecule has 6 rings (SSSR count). The molecule has 0 saturated carbocycles. The molecule has 0 amide bonds. The van der Waals surface area contributed by atoms with Crippen LogP contribution in [0.5, 0.6) is 11.5 Å². The molecule has 0 aliphatic rings. The number of carbonyl (C=O) groups excluding carboxylic acids is 2. The molecule has 2 aromatic carbocycles. The maximum Gasteiger partial charge on any atom is 0.344 e. The van der Waals surface area contributed by atoms with Gasteiger partial charge in [0.25, 0.3) is 11.8 Å². The number of pyridine rings is 2. The van der Waals surface area contributed by atoms with E-state index in [1.807, 2.05) is 24.3 Å². The van der Waals surface area contributed by atoms with Crippen molar-refractivity contribution in [3.05, 3.63) is 96.3 Å². The molecular formula is C37H30N8O8. The third-order valence-corrected chi connectivity index (χ3v) is 6.57. The molecule has 0 aliphatic carbocycles. The second-order valence-electron chi connectivity index (χ2n) is 11.7. The minimum Gasteiger partial charge on any atom is -0.482 e. The van der Waals surface area contributed by atoms with Crippen molar-refractivity contribution in [1.29, 1.82) is 10.5 Å². The van der Waals surface area contributed by atoms with Crippen LogP contribution in [0, 0.1) is 22.7 Å². The van der Waals surface area contributed by atoms with Crippen molar-refractivity contribution in [3.63, 3.8) is 0 Å². The Kier molecular flexibility index (Phi) is 11.8. The summed E-state index contributed by atoms with van der Waals surface area (Å²) in [4.78, 5) is 40.0. The summed E-state index contributed by atoms with van der Waals surface area (Å²) in [7, 11) is 1.26. The highest BCUT2D eigenvalue weighted by Crippen LogP contribution is 2.28. The summed E-state index contributed by atoms with van der Waals surface area (Å²) in [5.41, 5.74) is 2.17. The number of nitriles is 2. The van der Waals surface area contributed by atoms with Crippen LogP contribution in [0.1, 0.15) is 31.9 Å². The first-order chi connectivity index (χ1) is 25.5. The SMILES string of the molecule is CC(C)(C)OC(=O)COc1cc(C#N)cc(-c2nc(-c3ccccn3)no2)c1.COC(=O)COc1cc(C#N)cc(-c2nc(-c3ccccn3)no2)c1. The van der Waals surface area contributed by atoms with Gasteiger partial charge in [0, 0.05) is 23.5 Å². The standard InChI is InChI=1S/C20H18N4O4.C17H12N4O4/c1-20(2,3)27-17(25)12-26-15-9-13(11-21)8-14(10-15)19-23-18(24-28-19)16-6-4-5-7-22-16;1-23-15(22)10-24-13-7-11(9-18)6-12(8-13)17-20-16(21-25-17)14-4-2-3-5-19-14/h4-10H,12H2,1-3H3;2-8H,10H2,1H3. The zero-order valence-electron chi connectivity index (χ0n) is 28.8. The average molecular weight is 715 g/mol. The lowest BCUT2D eigenvalue weighted by molar-refractivity contribution is -0.157. The van der Waals surface area contributed by atoms with E-state index in [1.54, 1.807) is 81.7 Å². The summed E-state index contributed by atoms with van der Waals surface area (Å²) >= 11 is 0. The lowest BCUT2D eigenvalue weighted by atomic mass is 10.1. The number of carbonyl (C=O) groups is 2. The van der Waals surface area contributed by atoms with Gasteiger partial charge in [-0.2, -0.15) is 20.5 Å². The van der Waals surface area contributed by atoms with Crippen molar-refractivity contribution in [2.75, 3.05) is 20.3 Å². The molecule has 266 valence electrons. The van der Waals surface area contributed by atoms with Crippen LogP contribution < -0.4 is 9.47 Å². The van der Waals surface area contributed by atoms with Crippen LogP contribution in [-0.2, 0) is 19.1 Å². The summed E-state index contributed by atoms with van der Waals surface area (Å²) in [5, 5.41) is 26.2. The molecule has 0 fully saturated rings. The van der Waals surface area contributed by atoms with E-state index in [-0.39, 0.29) is 25.0 Å². The molecule has 6 aromatic rings. The Morgan fingerprint density at radius 2 is 1.17 bits per heavy atom. The van der Waals surface area contributed by atoms with Gasteiger partial charge in [0.15, 0.2) is 13.2 Å². The fraction of sp³-hybridized carbons (Fsp3) is 0.189. The molecule has 0 N–H and O–H groups in total. The quantitative estimate of drug-likeness (QED) is 0.157. The Hall–Kier alpha value is -7.46. The van der Waals surface area contributed by atoms with Crippen LogP contribution in [0.2, 0.25) is 0 Å². The molecule has 0 spiro atoms. The van der Waals surface area contributed by atoms with Crippen molar-refractivity contribution in [2.24, 2.45) is 0 Å². The summed E-state index contributed by atoms with van der Waals surface area (Å²) in [5.74, 6) is 0.671. The normalized spacial score (nSPS) is 10.5. The molecular weight excluding hydrogens is 684 g/mol. The fourth-order valence-electron chi connectivity index (χ4n) is 4.33. The van der Waals surface area contributed by atoms with Gasteiger partial charge in [0.1, 0.15) is 28.5 Å². The maximum absolute atomic E-state index is 11.8. The van der Waals surface area contributed by atoms with Crippen molar-refractivity contribution in [1.82, 2.24) is 30.2 Å². The Morgan fingerprint density at radius 1 is 0.698 bits per heavy atom. The molecule has 4 aromatic heterocycles. The Bertz CT molecular complexity index is 2270. The molecule has 0 radical (unpaired) electrons. The second kappa shape index (κ2) is 17.0. The van der Waals surface area contributed by atoms with E-state index in [9.17, 15) is 14.9 Å². The first kappa shape index (κ1) is 36.8. The third kappa shape index (κ3) is 10.5. The molecule has 4 heterocycles. The predicted molar refractivity (Wildman–Crippen MR) is 184 cm³/mol. The van der Waals surface area contributed by atoms with E-state index in [1.165, 1.54) is 19.2 Å². The largest absolute Gasteiger partial charge is 0.482 e. The minimum absolute atomic E-state index is 0.208. The van der Waals surface area contributed by atoms with Gasteiger partial charge in [-0.25, -0.2) is 9.59 Å². The van der Waals surface area contributed by atoms with E-state index < -0.39 is 17.5 Å². The van der Waals surface area contributed by atoms with Gasteiger partial charge in [-0.15, -0.1) is 0 Å². The van der Waals surface area contributed by atoms with Gasteiger partial charge in [0.2, 0.25) is 11.6 Å². The van der Waals surface area contributed by atoms with E-state index in [0.717, 1.165) is 0 Å². The van der Waals surface area contributed by atoms with E-state index in [0.29, 0.717) is 56.8 Å². The Balaban J connectivity index is 0.000000206. The van der Waals surface area contributed by atoms with Gasteiger partial charge >= 0.3 is 11.9 Å². The topological polar surface area (TPSA) is 222 Å². The molecule has 0 unspecified atom stereocenters. The highest BCUT2D eigenvalue weighted by Gasteiger charge is 2.18. The first-order valence-electron chi connectivity index (χ1n) is 15.7. The predicted octanol–water partition coefficient (Wildman–Crippen LogP) is 5.61. The fourth-order valence-corrected chi connectivity index (χ4v) is 4.33. The zero-order valence-corrected chi connectivity index (χ0v) is 28.8. The van der Waals surface area contributed by atoms with Gasteiger partial charge in [-0.3, -0.25) is 9.97 Å². The molecule has 0 saturated heterocycles. The van der Waals surface area contributed by atoms with E-state index in [2.05, 4.69) is 35.0 Å². The van der Waals surface area contributed by atoms with Crippen molar-refractivity contribution in [2.45, 2.75) is 26.4 Å². The number of nitrogens with zero attached hydrogens (tertiary/aromatic N) is 8. The molecule has 0 atom stereocenters. The highest BCUT2D eigenvalue weighted by atomic mass is 16.6. The molecule has 16 nitrogen and oxygen atoms in total. The number of hydrogen-bond donors (Lipinski definition) is 0. The average Bonchev–Trinajstić information content (AvgIpc) is 3.88. The number of hydrogen-bond acceptors (Lipinski definition) is 16. The summed E-state index contributed by atoms with van der Waals surface area (Å²) in [6, 6.07) is 24.2. The second-order valence-corrected chi connectivity index (χ2v) is 11.7. The van der Waals surface area contributed by atoms with Crippen LogP contribution in [0.3, 0.4) is 0 Å². The zero-order chi connectivity index (χ0) is 37.8. The van der Waals surface area contributed by atoms with Gasteiger partial charge in [-0.05, 0) is 81.4 Å². The Morgan fingerprint density at radius 3 is 1.57 bits per heavy atom. The molecule has 53 heavy (non-hydrogen) atoms. The van der Waals surface area contributed by atoms with Crippen LogP contribution >= 0.6 is 0 Å². The number of esters is 2. The number of benzene rings is 2. The number of ether oxygens (including phenoxy) is 4. The lowest BCUT2D eigenvalue weighted by Crippen LogP contribution is -2.27. The van der Waals surface area contributed by atoms with Crippen LogP contribution in [0.15, 0.2) is 94.2 Å². The summed E-state index contributed by atoms with van der Waals surface area (Å²) in [6.45, 7) is 4.76. The van der Waals surface area contributed by atoms with E-state index in [4.69, 9.17) is 28.5 Å². The maximum atomic E-state index is 11.8. The smallest absolute Gasteiger partial charge is 0.344 e. The van der Waals surface area contributed by atoms with Crippen molar-refractivity contribution in [3.8, 4) is 69.6 Å². The first-order valence-corrected chi connectivity index (χ1v) is 15.7. The summed E-state index contributed by atoms with van der Waals surface area (Å²) < 4.78 is 31.1.